The minimum Gasteiger partial charge on any atom is -0.462 e. The molecule has 6 nitrogen and oxygen atoms in total. The van der Waals surface area contributed by atoms with Gasteiger partial charge in [0, 0.05) is 19.3 Å². The molecular formula is C71H124O6. The van der Waals surface area contributed by atoms with E-state index in [-0.39, 0.29) is 31.1 Å². The van der Waals surface area contributed by atoms with Crippen molar-refractivity contribution in [2.24, 2.45) is 0 Å². The maximum absolute atomic E-state index is 12.9. The molecule has 0 aliphatic carbocycles. The second kappa shape index (κ2) is 65.1. The summed E-state index contributed by atoms with van der Waals surface area (Å²) in [6.07, 6.45) is 85.9. The summed E-state index contributed by atoms with van der Waals surface area (Å²) in [7, 11) is 0. The third kappa shape index (κ3) is 63.3. The fraction of sp³-hybridized carbons (Fsp3) is 0.761. The van der Waals surface area contributed by atoms with E-state index >= 15 is 0 Å². The number of rotatable bonds is 60. The number of esters is 3. The van der Waals surface area contributed by atoms with Crippen molar-refractivity contribution in [2.75, 3.05) is 13.2 Å². The minimum atomic E-state index is -0.784. The molecule has 0 radical (unpaired) electrons. The maximum atomic E-state index is 12.9. The monoisotopic (exact) mass is 1070 g/mol. The zero-order chi connectivity index (χ0) is 55.7. The Hall–Kier alpha value is -3.41. The molecule has 0 fully saturated rings. The van der Waals surface area contributed by atoms with E-state index < -0.39 is 6.10 Å². The van der Waals surface area contributed by atoms with E-state index in [1.807, 2.05) is 0 Å². The van der Waals surface area contributed by atoms with Gasteiger partial charge in [-0.05, 0) is 116 Å². The van der Waals surface area contributed by atoms with E-state index in [9.17, 15) is 14.4 Å². The summed E-state index contributed by atoms with van der Waals surface area (Å²) in [5, 5.41) is 0. The standard InChI is InChI=1S/C71H124O6/c1-4-7-10-13-16-19-22-25-28-30-31-32-33-34-35-36-37-38-39-40-41-42-44-46-49-52-55-58-61-64-70(73)76-67-68(66-75-69(72)63-60-57-54-51-48-45-27-24-21-18-15-12-9-6-3)77-71(74)65-62-59-56-53-50-47-43-29-26-23-20-17-14-11-8-5-2/h7,10,16,19,24-25,27-29,31-32,34-35,43,68H,4-6,8-9,11-15,17-18,20-23,26,30,33,36-42,44-67H2,1-3H3/b10-7-,19-16-,27-24-,28-25-,32-31-,35-34-,43-29-. The summed E-state index contributed by atoms with van der Waals surface area (Å²) in [5.41, 5.74) is 0. The second-order valence-corrected chi connectivity index (χ2v) is 22.0. The SMILES string of the molecule is CC/C=C\C/C=C\C/C=C\C/C=C\C/C=C\CCCCCCCCCCCCCCCC(=O)OCC(COC(=O)CCCCCCC/C=C\CCCCCCC)OC(=O)CCCCCCC/C=C\CCCCCCCCC. The summed E-state index contributed by atoms with van der Waals surface area (Å²) >= 11 is 0. The lowest BCUT2D eigenvalue weighted by Gasteiger charge is -2.18. The van der Waals surface area contributed by atoms with Crippen molar-refractivity contribution in [1.29, 1.82) is 0 Å². The first kappa shape index (κ1) is 73.6. The van der Waals surface area contributed by atoms with Crippen molar-refractivity contribution < 1.29 is 28.6 Å². The van der Waals surface area contributed by atoms with Crippen molar-refractivity contribution in [3.63, 3.8) is 0 Å². The largest absolute Gasteiger partial charge is 0.462 e. The van der Waals surface area contributed by atoms with Gasteiger partial charge in [-0.25, -0.2) is 0 Å². The van der Waals surface area contributed by atoms with E-state index in [0.717, 1.165) is 109 Å². The van der Waals surface area contributed by atoms with E-state index in [2.05, 4.69) is 106 Å². The topological polar surface area (TPSA) is 78.9 Å². The highest BCUT2D eigenvalue weighted by molar-refractivity contribution is 5.71. The normalized spacial score (nSPS) is 12.6. The Kier molecular flexibility index (Phi) is 62.2. The van der Waals surface area contributed by atoms with Gasteiger partial charge in [-0.15, -0.1) is 0 Å². The molecule has 0 aromatic heterocycles. The lowest BCUT2D eigenvalue weighted by molar-refractivity contribution is -0.167. The minimum absolute atomic E-state index is 0.0806. The smallest absolute Gasteiger partial charge is 0.306 e. The van der Waals surface area contributed by atoms with Gasteiger partial charge in [-0.2, -0.15) is 0 Å². The number of carbonyl (C=O) groups is 3. The van der Waals surface area contributed by atoms with Crippen LogP contribution in [0.4, 0.5) is 0 Å². The predicted octanol–water partition coefficient (Wildman–Crippen LogP) is 22.7. The van der Waals surface area contributed by atoms with Gasteiger partial charge in [0.15, 0.2) is 6.10 Å². The molecule has 0 heterocycles. The Bertz CT molecular complexity index is 1470. The summed E-state index contributed by atoms with van der Waals surface area (Å²) in [6, 6.07) is 0. The molecule has 0 aromatic rings. The Labute approximate surface area is 477 Å². The predicted molar refractivity (Wildman–Crippen MR) is 334 cm³/mol. The molecular weight excluding hydrogens is 949 g/mol. The van der Waals surface area contributed by atoms with Crippen LogP contribution in [0.25, 0.3) is 0 Å². The molecule has 1 atom stereocenters. The van der Waals surface area contributed by atoms with Crippen LogP contribution in [-0.4, -0.2) is 37.2 Å². The number of ether oxygens (including phenoxy) is 3. The molecule has 0 N–H and O–H groups in total. The van der Waals surface area contributed by atoms with Crippen molar-refractivity contribution in [3.8, 4) is 0 Å². The number of carbonyl (C=O) groups excluding carboxylic acids is 3. The molecule has 0 saturated heterocycles. The van der Waals surface area contributed by atoms with Crippen molar-refractivity contribution in [3.05, 3.63) is 85.1 Å². The average molecular weight is 1070 g/mol. The first-order valence-corrected chi connectivity index (χ1v) is 33.1. The fourth-order valence-electron chi connectivity index (χ4n) is 9.40. The van der Waals surface area contributed by atoms with E-state index in [4.69, 9.17) is 14.2 Å². The van der Waals surface area contributed by atoms with Crippen LogP contribution in [0, 0.1) is 0 Å². The number of hydrogen-bond acceptors (Lipinski definition) is 6. The van der Waals surface area contributed by atoms with E-state index in [1.54, 1.807) is 0 Å². The van der Waals surface area contributed by atoms with Gasteiger partial charge in [0.1, 0.15) is 13.2 Å². The van der Waals surface area contributed by atoms with Crippen molar-refractivity contribution in [1.82, 2.24) is 0 Å². The maximum Gasteiger partial charge on any atom is 0.306 e. The van der Waals surface area contributed by atoms with Crippen LogP contribution >= 0.6 is 0 Å². The van der Waals surface area contributed by atoms with Crippen LogP contribution in [-0.2, 0) is 28.6 Å². The molecule has 1 unspecified atom stereocenters. The molecule has 0 amide bonds. The van der Waals surface area contributed by atoms with E-state index in [0.29, 0.717) is 19.3 Å². The Balaban J connectivity index is 4.26. The molecule has 0 saturated carbocycles. The Morgan fingerprint density at radius 3 is 0.805 bits per heavy atom. The van der Waals surface area contributed by atoms with Crippen LogP contribution in [0.3, 0.4) is 0 Å². The number of allylic oxidation sites excluding steroid dienone is 14. The molecule has 0 bridgehead atoms. The van der Waals surface area contributed by atoms with Gasteiger partial charge in [-0.1, -0.05) is 279 Å². The molecule has 77 heavy (non-hydrogen) atoms. The zero-order valence-electron chi connectivity index (χ0n) is 51.0. The van der Waals surface area contributed by atoms with Gasteiger partial charge < -0.3 is 14.2 Å². The van der Waals surface area contributed by atoms with Gasteiger partial charge in [0.25, 0.3) is 0 Å². The third-order valence-corrected chi connectivity index (χ3v) is 14.4. The third-order valence-electron chi connectivity index (χ3n) is 14.4. The van der Waals surface area contributed by atoms with Crippen LogP contribution in [0.5, 0.6) is 0 Å². The lowest BCUT2D eigenvalue weighted by Crippen LogP contribution is -2.30. The van der Waals surface area contributed by atoms with Gasteiger partial charge >= 0.3 is 17.9 Å². The van der Waals surface area contributed by atoms with E-state index in [1.165, 1.54) is 180 Å². The summed E-state index contributed by atoms with van der Waals surface area (Å²) in [4.78, 5) is 38.3. The summed E-state index contributed by atoms with van der Waals surface area (Å²) < 4.78 is 16.9. The van der Waals surface area contributed by atoms with Gasteiger partial charge in [0.05, 0.1) is 0 Å². The second-order valence-electron chi connectivity index (χ2n) is 22.0. The first-order valence-electron chi connectivity index (χ1n) is 33.1. The lowest BCUT2D eigenvalue weighted by atomic mass is 10.0. The Morgan fingerprint density at radius 1 is 0.273 bits per heavy atom. The molecule has 444 valence electrons. The summed E-state index contributed by atoms with van der Waals surface area (Å²) in [5.74, 6) is -0.885. The first-order chi connectivity index (χ1) is 38.0. The van der Waals surface area contributed by atoms with Crippen molar-refractivity contribution >= 4 is 17.9 Å². The molecule has 0 aromatic carbocycles. The summed E-state index contributed by atoms with van der Waals surface area (Å²) in [6.45, 7) is 6.53. The van der Waals surface area contributed by atoms with Crippen LogP contribution in [0.1, 0.15) is 329 Å². The Morgan fingerprint density at radius 2 is 0.506 bits per heavy atom. The molecule has 0 rings (SSSR count). The highest BCUT2D eigenvalue weighted by Crippen LogP contribution is 2.16. The average Bonchev–Trinajstić information content (AvgIpc) is 3.43. The molecule has 6 heteroatoms. The molecule has 0 aliphatic rings. The van der Waals surface area contributed by atoms with Crippen LogP contribution in [0.2, 0.25) is 0 Å². The van der Waals surface area contributed by atoms with Gasteiger partial charge in [-0.3, -0.25) is 14.4 Å². The fourth-order valence-corrected chi connectivity index (χ4v) is 9.40. The van der Waals surface area contributed by atoms with Crippen molar-refractivity contribution in [2.45, 2.75) is 335 Å². The van der Waals surface area contributed by atoms with Crippen LogP contribution in [0.15, 0.2) is 85.1 Å². The molecule has 0 spiro atoms. The zero-order valence-corrected chi connectivity index (χ0v) is 51.0. The number of hydrogen-bond donors (Lipinski definition) is 0. The highest BCUT2D eigenvalue weighted by Gasteiger charge is 2.19. The molecule has 0 aliphatic heterocycles. The quantitative estimate of drug-likeness (QED) is 0.0261. The highest BCUT2D eigenvalue weighted by atomic mass is 16.6. The number of unbranched alkanes of at least 4 members (excludes halogenated alkanes) is 35. The van der Waals surface area contributed by atoms with Crippen LogP contribution < -0.4 is 0 Å². The van der Waals surface area contributed by atoms with Gasteiger partial charge in [0.2, 0.25) is 0 Å².